The molecule has 114 valence electrons. The molecule has 1 aromatic rings. The van der Waals surface area contributed by atoms with Crippen molar-refractivity contribution in [2.45, 2.75) is 32.6 Å². The van der Waals surface area contributed by atoms with Crippen LogP contribution in [0.15, 0.2) is 24.3 Å². The number of Topliss-reactive ketones (excluding diaryl/α,β-unsaturated/α-hetero) is 1. The third kappa shape index (κ3) is 3.65. The molecule has 3 rings (SSSR count). The van der Waals surface area contributed by atoms with Crippen LogP contribution in [0, 0.1) is 5.92 Å². The molecule has 1 aromatic carbocycles. The Morgan fingerprint density at radius 3 is 2.24 bits per heavy atom. The normalized spacial score (nSPS) is 20.9. The molecule has 0 aromatic heterocycles. The SMILES string of the molecule is CC(=O)c1ccc(N2CCC(CN3CCCC3)CC2)cc1. The van der Waals surface area contributed by atoms with Gasteiger partial charge in [0.05, 0.1) is 0 Å². The predicted octanol–water partition coefficient (Wildman–Crippen LogP) is 3.20. The Morgan fingerprint density at radius 1 is 1.05 bits per heavy atom. The van der Waals surface area contributed by atoms with Gasteiger partial charge in [0, 0.05) is 30.9 Å². The third-order valence-corrected chi connectivity index (χ3v) is 4.97. The number of hydrogen-bond donors (Lipinski definition) is 0. The van der Waals surface area contributed by atoms with E-state index in [0.717, 1.165) is 24.6 Å². The molecule has 2 aliphatic rings. The first kappa shape index (κ1) is 14.6. The molecule has 0 N–H and O–H groups in total. The first-order chi connectivity index (χ1) is 10.2. The highest BCUT2D eigenvalue weighted by Crippen LogP contribution is 2.25. The van der Waals surface area contributed by atoms with Crippen molar-refractivity contribution in [2.24, 2.45) is 5.92 Å². The lowest BCUT2D eigenvalue weighted by Gasteiger charge is -2.35. The second-order valence-corrected chi connectivity index (χ2v) is 6.54. The summed E-state index contributed by atoms with van der Waals surface area (Å²) >= 11 is 0. The highest BCUT2D eigenvalue weighted by Gasteiger charge is 2.22. The number of hydrogen-bond acceptors (Lipinski definition) is 3. The second kappa shape index (κ2) is 6.61. The fraction of sp³-hybridized carbons (Fsp3) is 0.611. The third-order valence-electron chi connectivity index (χ3n) is 4.97. The summed E-state index contributed by atoms with van der Waals surface area (Å²) in [5.41, 5.74) is 2.07. The topological polar surface area (TPSA) is 23.6 Å². The van der Waals surface area contributed by atoms with E-state index >= 15 is 0 Å². The number of nitrogens with zero attached hydrogens (tertiary/aromatic N) is 2. The number of anilines is 1. The molecule has 0 unspecified atom stereocenters. The van der Waals surface area contributed by atoms with Crippen molar-refractivity contribution in [1.82, 2.24) is 4.90 Å². The van der Waals surface area contributed by atoms with E-state index in [1.807, 2.05) is 12.1 Å². The smallest absolute Gasteiger partial charge is 0.159 e. The van der Waals surface area contributed by atoms with Crippen molar-refractivity contribution < 1.29 is 4.79 Å². The maximum Gasteiger partial charge on any atom is 0.159 e. The molecule has 21 heavy (non-hydrogen) atoms. The van der Waals surface area contributed by atoms with Gasteiger partial charge in [0.25, 0.3) is 0 Å². The summed E-state index contributed by atoms with van der Waals surface area (Å²) in [6, 6.07) is 8.09. The summed E-state index contributed by atoms with van der Waals surface area (Å²) in [4.78, 5) is 16.4. The summed E-state index contributed by atoms with van der Waals surface area (Å²) in [5, 5.41) is 0. The van der Waals surface area contributed by atoms with E-state index < -0.39 is 0 Å². The maximum absolute atomic E-state index is 11.3. The van der Waals surface area contributed by atoms with Crippen LogP contribution in [0.25, 0.3) is 0 Å². The number of ketones is 1. The van der Waals surface area contributed by atoms with Crippen molar-refractivity contribution in [2.75, 3.05) is 37.6 Å². The zero-order chi connectivity index (χ0) is 14.7. The fourth-order valence-corrected chi connectivity index (χ4v) is 3.61. The van der Waals surface area contributed by atoms with Gasteiger partial charge in [0.1, 0.15) is 0 Å². The molecule has 0 radical (unpaired) electrons. The van der Waals surface area contributed by atoms with E-state index in [-0.39, 0.29) is 5.78 Å². The molecule has 0 saturated carbocycles. The molecule has 0 spiro atoms. The van der Waals surface area contributed by atoms with E-state index in [1.54, 1.807) is 6.92 Å². The van der Waals surface area contributed by atoms with E-state index in [9.17, 15) is 4.79 Å². The van der Waals surface area contributed by atoms with Crippen LogP contribution in [0.4, 0.5) is 5.69 Å². The fourth-order valence-electron chi connectivity index (χ4n) is 3.61. The first-order valence-electron chi connectivity index (χ1n) is 8.30. The highest BCUT2D eigenvalue weighted by atomic mass is 16.1. The van der Waals surface area contributed by atoms with Gasteiger partial charge in [-0.25, -0.2) is 0 Å². The lowest BCUT2D eigenvalue weighted by atomic mass is 9.95. The van der Waals surface area contributed by atoms with Gasteiger partial charge in [-0.05, 0) is 75.9 Å². The Hall–Kier alpha value is -1.35. The summed E-state index contributed by atoms with van der Waals surface area (Å²) < 4.78 is 0. The van der Waals surface area contributed by atoms with Gasteiger partial charge < -0.3 is 9.80 Å². The number of benzene rings is 1. The van der Waals surface area contributed by atoms with E-state index in [0.29, 0.717) is 0 Å². The lowest BCUT2D eigenvalue weighted by molar-refractivity contribution is 0.101. The summed E-state index contributed by atoms with van der Waals surface area (Å²) in [7, 11) is 0. The van der Waals surface area contributed by atoms with Gasteiger partial charge in [-0.1, -0.05) is 0 Å². The van der Waals surface area contributed by atoms with Crippen LogP contribution in [-0.4, -0.2) is 43.4 Å². The summed E-state index contributed by atoms with van der Waals surface area (Å²) in [5.74, 6) is 1.02. The summed E-state index contributed by atoms with van der Waals surface area (Å²) in [6.07, 6.45) is 5.37. The van der Waals surface area contributed by atoms with Gasteiger partial charge in [-0.15, -0.1) is 0 Å². The number of rotatable bonds is 4. The number of likely N-dealkylation sites (tertiary alicyclic amines) is 1. The summed E-state index contributed by atoms with van der Waals surface area (Å²) in [6.45, 7) is 7.85. The maximum atomic E-state index is 11.3. The largest absolute Gasteiger partial charge is 0.372 e. The Labute approximate surface area is 127 Å². The average Bonchev–Trinajstić information content (AvgIpc) is 3.01. The van der Waals surface area contributed by atoms with Crippen LogP contribution in [0.2, 0.25) is 0 Å². The molecule has 2 fully saturated rings. The first-order valence-corrected chi connectivity index (χ1v) is 8.30. The predicted molar refractivity (Wildman–Crippen MR) is 87.1 cm³/mol. The second-order valence-electron chi connectivity index (χ2n) is 6.54. The van der Waals surface area contributed by atoms with Crippen molar-refractivity contribution in [1.29, 1.82) is 0 Å². The Bertz CT molecular complexity index is 468. The van der Waals surface area contributed by atoms with Gasteiger partial charge in [-0.2, -0.15) is 0 Å². The van der Waals surface area contributed by atoms with E-state index in [4.69, 9.17) is 0 Å². The van der Waals surface area contributed by atoms with E-state index in [2.05, 4.69) is 21.9 Å². The molecule has 0 amide bonds. The molecule has 0 aliphatic carbocycles. The average molecular weight is 286 g/mol. The molecule has 3 heteroatoms. The van der Waals surface area contributed by atoms with E-state index in [1.165, 1.54) is 51.0 Å². The molecule has 3 nitrogen and oxygen atoms in total. The molecular formula is C18H26N2O. The van der Waals surface area contributed by atoms with Crippen LogP contribution in [0.3, 0.4) is 0 Å². The minimum atomic E-state index is 0.144. The molecular weight excluding hydrogens is 260 g/mol. The minimum absolute atomic E-state index is 0.144. The number of carbonyl (C=O) groups excluding carboxylic acids is 1. The molecule has 2 aliphatic heterocycles. The van der Waals surface area contributed by atoms with Gasteiger partial charge >= 0.3 is 0 Å². The van der Waals surface area contributed by atoms with Crippen molar-refractivity contribution >= 4 is 11.5 Å². The quantitative estimate of drug-likeness (QED) is 0.794. The monoisotopic (exact) mass is 286 g/mol. The lowest BCUT2D eigenvalue weighted by Crippen LogP contribution is -2.38. The number of piperidine rings is 1. The molecule has 2 heterocycles. The molecule has 0 bridgehead atoms. The Kier molecular flexibility index (Phi) is 4.59. The van der Waals surface area contributed by atoms with Crippen molar-refractivity contribution in [3.05, 3.63) is 29.8 Å². The standard InChI is InChI=1S/C18H26N2O/c1-15(21)17-4-6-18(7-5-17)20-12-8-16(9-13-20)14-19-10-2-3-11-19/h4-7,16H,2-3,8-14H2,1H3. The zero-order valence-corrected chi connectivity index (χ0v) is 13.1. The van der Waals surface area contributed by atoms with Crippen LogP contribution in [0.1, 0.15) is 43.0 Å². The van der Waals surface area contributed by atoms with Gasteiger partial charge in [0.15, 0.2) is 5.78 Å². The van der Waals surface area contributed by atoms with Crippen molar-refractivity contribution in [3.8, 4) is 0 Å². The zero-order valence-electron chi connectivity index (χ0n) is 13.1. The van der Waals surface area contributed by atoms with Gasteiger partial charge in [-0.3, -0.25) is 4.79 Å². The van der Waals surface area contributed by atoms with Crippen LogP contribution >= 0.6 is 0 Å². The Morgan fingerprint density at radius 2 is 1.67 bits per heavy atom. The Balaban J connectivity index is 1.51. The van der Waals surface area contributed by atoms with Crippen LogP contribution < -0.4 is 4.90 Å². The van der Waals surface area contributed by atoms with Gasteiger partial charge in [0.2, 0.25) is 0 Å². The minimum Gasteiger partial charge on any atom is -0.372 e. The van der Waals surface area contributed by atoms with Crippen LogP contribution in [-0.2, 0) is 0 Å². The molecule has 2 saturated heterocycles. The van der Waals surface area contributed by atoms with Crippen molar-refractivity contribution in [3.63, 3.8) is 0 Å². The molecule has 0 atom stereocenters. The number of carbonyl (C=O) groups is 1. The van der Waals surface area contributed by atoms with Crippen LogP contribution in [0.5, 0.6) is 0 Å². The highest BCUT2D eigenvalue weighted by molar-refractivity contribution is 5.94.